The van der Waals surface area contributed by atoms with Gasteiger partial charge in [-0.1, -0.05) is 105 Å². The van der Waals surface area contributed by atoms with Crippen LogP contribution in [0.25, 0.3) is 43.6 Å². The summed E-state index contributed by atoms with van der Waals surface area (Å²) in [5.74, 6) is 0. The molecule has 0 saturated heterocycles. The fraction of sp³-hybridized carbons (Fsp3) is 0.273. The average molecular weight is 459 g/mol. The van der Waals surface area contributed by atoms with Crippen molar-refractivity contribution in [2.75, 3.05) is 0 Å². The van der Waals surface area contributed by atoms with Crippen LogP contribution in [0.2, 0.25) is 0 Å². The predicted molar refractivity (Wildman–Crippen MR) is 151 cm³/mol. The SMILES string of the molecule is c1ccc2c(c1)c1ccccc1n2CCCCCCCCCn1c2ccccc2c2ccccc21. The predicted octanol–water partition coefficient (Wildman–Crippen LogP) is 9.33. The number of unbranched alkanes of at least 4 members (excludes halogenated alkanes) is 6. The lowest BCUT2D eigenvalue weighted by molar-refractivity contribution is 0.540. The van der Waals surface area contributed by atoms with Gasteiger partial charge in [0.1, 0.15) is 0 Å². The third-order valence-corrected chi connectivity index (χ3v) is 7.62. The van der Waals surface area contributed by atoms with Crippen molar-refractivity contribution in [3.8, 4) is 0 Å². The molecule has 6 rings (SSSR count). The Hall–Kier alpha value is -3.52. The van der Waals surface area contributed by atoms with Crippen LogP contribution in [0.1, 0.15) is 44.9 Å². The van der Waals surface area contributed by atoms with Gasteiger partial charge in [-0.2, -0.15) is 0 Å². The van der Waals surface area contributed by atoms with Gasteiger partial charge in [0.05, 0.1) is 0 Å². The van der Waals surface area contributed by atoms with Crippen molar-refractivity contribution >= 4 is 43.6 Å². The maximum Gasteiger partial charge on any atom is 0.0491 e. The van der Waals surface area contributed by atoms with Crippen LogP contribution in [0.5, 0.6) is 0 Å². The number of rotatable bonds is 10. The molecule has 6 aromatic rings. The Labute approximate surface area is 207 Å². The van der Waals surface area contributed by atoms with Crippen molar-refractivity contribution in [1.29, 1.82) is 0 Å². The summed E-state index contributed by atoms with van der Waals surface area (Å²) in [5.41, 5.74) is 5.50. The Balaban J connectivity index is 0.980. The molecule has 0 fully saturated rings. The molecule has 0 unspecified atom stereocenters. The number of aryl methyl sites for hydroxylation is 2. The third-order valence-electron chi connectivity index (χ3n) is 7.62. The van der Waals surface area contributed by atoms with Gasteiger partial charge in [0.15, 0.2) is 0 Å². The van der Waals surface area contributed by atoms with E-state index in [1.807, 2.05) is 0 Å². The van der Waals surface area contributed by atoms with Crippen LogP contribution >= 0.6 is 0 Å². The van der Waals surface area contributed by atoms with Crippen LogP contribution in [0.3, 0.4) is 0 Å². The Morgan fingerprint density at radius 3 is 0.886 bits per heavy atom. The van der Waals surface area contributed by atoms with Crippen LogP contribution in [-0.4, -0.2) is 9.13 Å². The van der Waals surface area contributed by atoms with Gasteiger partial charge in [0.25, 0.3) is 0 Å². The fourth-order valence-electron chi connectivity index (χ4n) is 5.91. The van der Waals surface area contributed by atoms with Gasteiger partial charge in [0.2, 0.25) is 0 Å². The molecule has 0 aliphatic rings. The molecule has 0 N–H and O–H groups in total. The molecule has 2 heteroatoms. The molecule has 4 aromatic carbocycles. The van der Waals surface area contributed by atoms with Gasteiger partial charge >= 0.3 is 0 Å². The number of nitrogens with zero attached hydrogens (tertiary/aromatic N) is 2. The Bertz CT molecular complexity index is 1360. The lowest BCUT2D eigenvalue weighted by atomic mass is 10.1. The van der Waals surface area contributed by atoms with Gasteiger partial charge in [-0.15, -0.1) is 0 Å². The minimum Gasteiger partial charge on any atom is -0.340 e. The van der Waals surface area contributed by atoms with Gasteiger partial charge in [-0.3, -0.25) is 0 Å². The fourth-order valence-corrected chi connectivity index (χ4v) is 5.91. The zero-order chi connectivity index (χ0) is 23.5. The van der Waals surface area contributed by atoms with Gasteiger partial charge in [-0.05, 0) is 37.1 Å². The largest absolute Gasteiger partial charge is 0.340 e. The minimum absolute atomic E-state index is 1.11. The van der Waals surface area contributed by atoms with E-state index in [1.165, 1.54) is 88.6 Å². The maximum absolute atomic E-state index is 2.52. The summed E-state index contributed by atoms with van der Waals surface area (Å²) in [7, 11) is 0. The van der Waals surface area contributed by atoms with E-state index in [4.69, 9.17) is 0 Å². The van der Waals surface area contributed by atoms with E-state index in [-0.39, 0.29) is 0 Å². The highest BCUT2D eigenvalue weighted by atomic mass is 15.0. The van der Waals surface area contributed by atoms with E-state index in [9.17, 15) is 0 Å². The summed E-state index contributed by atoms with van der Waals surface area (Å²) in [6.45, 7) is 2.23. The van der Waals surface area contributed by atoms with Crippen LogP contribution < -0.4 is 0 Å². The molecule has 0 radical (unpaired) electrons. The first kappa shape index (κ1) is 22.0. The van der Waals surface area contributed by atoms with Crippen LogP contribution in [0.4, 0.5) is 0 Å². The second kappa shape index (κ2) is 10.00. The quantitative estimate of drug-likeness (QED) is 0.181. The number of hydrogen-bond donors (Lipinski definition) is 0. The van der Waals surface area contributed by atoms with Crippen molar-refractivity contribution < 1.29 is 0 Å². The molecule has 2 nitrogen and oxygen atoms in total. The zero-order valence-electron chi connectivity index (χ0n) is 20.5. The molecule has 0 atom stereocenters. The molecule has 0 saturated carbocycles. The monoisotopic (exact) mass is 458 g/mol. The van der Waals surface area contributed by atoms with E-state index in [0.29, 0.717) is 0 Å². The van der Waals surface area contributed by atoms with Gasteiger partial charge < -0.3 is 9.13 Å². The standard InChI is InChI=1S/C33H34N2/c1(2-4-14-24-34-30-20-10-6-16-26(30)27-17-7-11-21-31(27)34)3-5-15-25-35-32-22-12-8-18-28(32)29-19-9-13-23-33(29)35/h6-13,16-23H,1-5,14-15,24-25H2. The third kappa shape index (κ3) is 4.23. The number of aromatic nitrogens is 2. The lowest BCUT2D eigenvalue weighted by Gasteiger charge is -2.09. The molecular formula is C33H34N2. The molecule has 2 aromatic heterocycles. The number of para-hydroxylation sites is 4. The van der Waals surface area contributed by atoms with Crippen LogP contribution in [0.15, 0.2) is 97.1 Å². The molecule has 176 valence electrons. The second-order valence-corrected chi connectivity index (χ2v) is 9.85. The minimum atomic E-state index is 1.11. The molecule has 0 aliphatic heterocycles. The average Bonchev–Trinajstić information content (AvgIpc) is 3.41. The first-order valence-corrected chi connectivity index (χ1v) is 13.3. The number of benzene rings is 4. The molecular weight excluding hydrogens is 424 g/mol. The zero-order valence-corrected chi connectivity index (χ0v) is 20.5. The molecule has 2 heterocycles. The van der Waals surface area contributed by atoms with E-state index in [2.05, 4.69) is 106 Å². The van der Waals surface area contributed by atoms with Crippen molar-refractivity contribution in [1.82, 2.24) is 9.13 Å². The highest BCUT2D eigenvalue weighted by Gasteiger charge is 2.10. The molecule has 0 aliphatic carbocycles. The highest BCUT2D eigenvalue weighted by Crippen LogP contribution is 2.30. The topological polar surface area (TPSA) is 9.86 Å². The summed E-state index contributed by atoms with van der Waals surface area (Å²) >= 11 is 0. The van der Waals surface area contributed by atoms with Gasteiger partial charge in [0, 0.05) is 56.7 Å². The van der Waals surface area contributed by atoms with E-state index >= 15 is 0 Å². The Morgan fingerprint density at radius 1 is 0.314 bits per heavy atom. The Kier molecular flexibility index (Phi) is 6.28. The summed E-state index contributed by atoms with van der Waals surface area (Å²) in [5, 5.41) is 5.52. The van der Waals surface area contributed by atoms with E-state index < -0.39 is 0 Å². The second-order valence-electron chi connectivity index (χ2n) is 9.85. The van der Waals surface area contributed by atoms with E-state index in [1.54, 1.807) is 0 Å². The molecule has 35 heavy (non-hydrogen) atoms. The first-order valence-electron chi connectivity index (χ1n) is 13.3. The van der Waals surface area contributed by atoms with Crippen LogP contribution in [-0.2, 0) is 13.1 Å². The van der Waals surface area contributed by atoms with Crippen molar-refractivity contribution in [2.45, 2.75) is 58.0 Å². The summed E-state index contributed by atoms with van der Waals surface area (Å²) in [4.78, 5) is 0. The lowest BCUT2D eigenvalue weighted by Crippen LogP contribution is -1.98. The Morgan fingerprint density at radius 2 is 0.571 bits per heavy atom. The number of fused-ring (bicyclic) bond motifs is 6. The normalized spacial score (nSPS) is 11.9. The molecule has 0 amide bonds. The van der Waals surface area contributed by atoms with E-state index in [0.717, 1.165) is 13.1 Å². The first-order chi connectivity index (χ1) is 17.4. The maximum atomic E-state index is 2.52. The summed E-state index contributed by atoms with van der Waals surface area (Å²) in [6.07, 6.45) is 9.16. The summed E-state index contributed by atoms with van der Waals surface area (Å²) in [6, 6.07) is 35.4. The van der Waals surface area contributed by atoms with Gasteiger partial charge in [-0.25, -0.2) is 0 Å². The molecule has 0 bridgehead atoms. The summed E-state index contributed by atoms with van der Waals surface area (Å²) < 4.78 is 5.05. The van der Waals surface area contributed by atoms with Crippen molar-refractivity contribution in [3.63, 3.8) is 0 Å². The highest BCUT2D eigenvalue weighted by molar-refractivity contribution is 6.08. The smallest absolute Gasteiger partial charge is 0.0491 e. The van der Waals surface area contributed by atoms with Crippen molar-refractivity contribution in [2.24, 2.45) is 0 Å². The number of hydrogen-bond acceptors (Lipinski definition) is 0. The molecule has 0 spiro atoms. The van der Waals surface area contributed by atoms with Crippen molar-refractivity contribution in [3.05, 3.63) is 97.1 Å². The van der Waals surface area contributed by atoms with Crippen LogP contribution in [0, 0.1) is 0 Å².